The largest absolute Gasteiger partial charge is 0.443 e. The van der Waals surface area contributed by atoms with Crippen LogP contribution < -0.4 is 5.32 Å². The van der Waals surface area contributed by atoms with Crippen LogP contribution in [0.1, 0.15) is 18.5 Å². The third-order valence-electron chi connectivity index (χ3n) is 2.88. The summed E-state index contributed by atoms with van der Waals surface area (Å²) in [5.74, 6) is 0.884. The number of hydrogen-bond donors (Lipinski definition) is 1. The van der Waals surface area contributed by atoms with E-state index in [1.54, 1.807) is 0 Å². The van der Waals surface area contributed by atoms with E-state index in [-0.39, 0.29) is 0 Å². The molecular weight excluding hydrogens is 327 g/mol. The molecule has 1 aromatic heterocycles. The van der Waals surface area contributed by atoms with E-state index in [1.807, 2.05) is 0 Å². The molecular formula is C13H13IN2O. The Balaban J connectivity index is 1.81. The van der Waals surface area contributed by atoms with E-state index in [0.717, 1.165) is 23.6 Å². The second kappa shape index (κ2) is 4.78. The molecule has 1 aromatic carbocycles. The summed E-state index contributed by atoms with van der Waals surface area (Å²) in [5, 5.41) is 3.46. The number of oxazole rings is 1. The van der Waals surface area contributed by atoms with Crippen molar-refractivity contribution in [2.24, 2.45) is 0 Å². The van der Waals surface area contributed by atoms with Gasteiger partial charge in [0.1, 0.15) is 5.69 Å². The van der Waals surface area contributed by atoms with Crippen molar-refractivity contribution in [2.75, 3.05) is 0 Å². The molecule has 2 aromatic rings. The molecule has 0 saturated heterocycles. The van der Waals surface area contributed by atoms with E-state index in [9.17, 15) is 0 Å². The fraction of sp³-hybridized carbons (Fsp3) is 0.308. The third kappa shape index (κ3) is 2.69. The van der Waals surface area contributed by atoms with Crippen LogP contribution in [0.5, 0.6) is 0 Å². The maximum Gasteiger partial charge on any atom is 0.181 e. The molecule has 17 heavy (non-hydrogen) atoms. The minimum atomic E-state index is 0.691. The van der Waals surface area contributed by atoms with Gasteiger partial charge in [0.15, 0.2) is 12.2 Å². The lowest BCUT2D eigenvalue weighted by molar-refractivity contribution is 0.569. The van der Waals surface area contributed by atoms with Gasteiger partial charge in [-0.15, -0.1) is 0 Å². The van der Waals surface area contributed by atoms with Crippen molar-refractivity contribution >= 4 is 22.6 Å². The van der Waals surface area contributed by atoms with Gasteiger partial charge in [0.25, 0.3) is 0 Å². The number of nitrogens with zero attached hydrogens (tertiary/aromatic N) is 1. The average molecular weight is 340 g/mol. The summed E-state index contributed by atoms with van der Waals surface area (Å²) in [5.41, 5.74) is 2.09. The zero-order chi connectivity index (χ0) is 11.7. The van der Waals surface area contributed by atoms with E-state index in [2.05, 4.69) is 57.2 Å². The van der Waals surface area contributed by atoms with Gasteiger partial charge in [0.2, 0.25) is 0 Å². The third-order valence-corrected chi connectivity index (χ3v) is 3.60. The fourth-order valence-electron chi connectivity index (χ4n) is 1.76. The van der Waals surface area contributed by atoms with E-state index < -0.39 is 0 Å². The number of hydrogen-bond acceptors (Lipinski definition) is 3. The van der Waals surface area contributed by atoms with Crippen LogP contribution in [0, 0.1) is 3.57 Å². The Morgan fingerprint density at radius 3 is 2.76 bits per heavy atom. The van der Waals surface area contributed by atoms with Gasteiger partial charge >= 0.3 is 0 Å². The van der Waals surface area contributed by atoms with Crippen LogP contribution in [-0.2, 0) is 6.54 Å². The van der Waals surface area contributed by atoms with Crippen molar-refractivity contribution in [1.82, 2.24) is 10.3 Å². The van der Waals surface area contributed by atoms with Gasteiger partial charge in [-0.2, -0.15) is 0 Å². The highest BCUT2D eigenvalue weighted by Gasteiger charge is 2.21. The Hall–Kier alpha value is -0.880. The molecule has 0 aliphatic heterocycles. The predicted octanol–water partition coefficient (Wildman–Crippen LogP) is 3.20. The smallest absolute Gasteiger partial charge is 0.181 e. The van der Waals surface area contributed by atoms with Crippen LogP contribution in [0.3, 0.4) is 0 Å². The van der Waals surface area contributed by atoms with E-state index in [1.165, 1.54) is 22.8 Å². The van der Waals surface area contributed by atoms with Gasteiger partial charge in [-0.05, 0) is 47.6 Å². The number of rotatable bonds is 4. The van der Waals surface area contributed by atoms with Crippen LogP contribution in [-0.4, -0.2) is 11.0 Å². The van der Waals surface area contributed by atoms with Crippen molar-refractivity contribution in [3.63, 3.8) is 0 Å². The molecule has 0 radical (unpaired) electrons. The molecule has 0 spiro atoms. The molecule has 1 N–H and O–H groups in total. The molecule has 0 atom stereocenters. The van der Waals surface area contributed by atoms with Crippen molar-refractivity contribution in [3.8, 4) is 11.3 Å². The highest BCUT2D eigenvalue weighted by Crippen LogP contribution is 2.25. The Morgan fingerprint density at radius 2 is 2.06 bits per heavy atom. The van der Waals surface area contributed by atoms with Crippen molar-refractivity contribution < 1.29 is 4.42 Å². The van der Waals surface area contributed by atoms with Gasteiger partial charge in [-0.3, -0.25) is 0 Å². The summed E-state index contributed by atoms with van der Waals surface area (Å²) in [6, 6.07) is 9.00. The van der Waals surface area contributed by atoms with Gasteiger partial charge in [0, 0.05) is 21.7 Å². The molecule has 88 valence electrons. The zero-order valence-electron chi connectivity index (χ0n) is 9.32. The second-order valence-corrected chi connectivity index (χ2v) is 5.54. The molecule has 4 heteroatoms. The van der Waals surface area contributed by atoms with Gasteiger partial charge in [-0.25, -0.2) is 4.98 Å². The predicted molar refractivity (Wildman–Crippen MR) is 74.5 cm³/mol. The van der Waals surface area contributed by atoms with Crippen molar-refractivity contribution in [1.29, 1.82) is 0 Å². The van der Waals surface area contributed by atoms with E-state index in [0.29, 0.717) is 6.04 Å². The van der Waals surface area contributed by atoms with E-state index >= 15 is 0 Å². The summed E-state index contributed by atoms with van der Waals surface area (Å²) >= 11 is 2.30. The van der Waals surface area contributed by atoms with Crippen LogP contribution in [0.25, 0.3) is 11.3 Å². The second-order valence-electron chi connectivity index (χ2n) is 4.29. The molecule has 0 amide bonds. The summed E-state index contributed by atoms with van der Waals surface area (Å²) in [6.07, 6.45) is 4.10. The summed E-state index contributed by atoms with van der Waals surface area (Å²) in [4.78, 5) is 4.28. The van der Waals surface area contributed by atoms with Crippen molar-refractivity contribution in [3.05, 3.63) is 39.9 Å². The number of nitrogens with one attached hydrogen (secondary N) is 1. The quantitative estimate of drug-likeness (QED) is 0.869. The fourth-order valence-corrected chi connectivity index (χ4v) is 2.12. The lowest BCUT2D eigenvalue weighted by Crippen LogP contribution is -2.15. The summed E-state index contributed by atoms with van der Waals surface area (Å²) < 4.78 is 6.72. The highest BCUT2D eigenvalue weighted by molar-refractivity contribution is 14.1. The van der Waals surface area contributed by atoms with Crippen LogP contribution >= 0.6 is 22.6 Å². The maximum absolute atomic E-state index is 5.49. The first-order valence-electron chi connectivity index (χ1n) is 5.74. The molecule has 1 saturated carbocycles. The van der Waals surface area contributed by atoms with Crippen LogP contribution in [0.2, 0.25) is 0 Å². The SMILES string of the molecule is Ic1ccc(-c2ocnc2CNC2CC2)cc1. The monoisotopic (exact) mass is 340 g/mol. The van der Waals surface area contributed by atoms with Crippen LogP contribution in [0.15, 0.2) is 35.1 Å². The van der Waals surface area contributed by atoms with Gasteiger partial charge < -0.3 is 9.73 Å². The molecule has 1 heterocycles. The molecule has 1 aliphatic rings. The zero-order valence-corrected chi connectivity index (χ0v) is 11.5. The number of benzene rings is 1. The first-order valence-corrected chi connectivity index (χ1v) is 6.82. The standard InChI is InChI=1S/C13H13IN2O/c14-10-3-1-9(2-4-10)13-12(16-8-17-13)7-15-11-5-6-11/h1-4,8,11,15H,5-7H2. The van der Waals surface area contributed by atoms with Gasteiger partial charge in [0.05, 0.1) is 0 Å². The Bertz CT molecular complexity index is 502. The maximum atomic E-state index is 5.49. The Morgan fingerprint density at radius 1 is 1.29 bits per heavy atom. The first kappa shape index (κ1) is 11.2. The first-order chi connectivity index (χ1) is 8.33. The highest BCUT2D eigenvalue weighted by atomic mass is 127. The summed E-state index contributed by atoms with van der Waals surface area (Å²) in [6.45, 7) is 0.794. The Kier molecular flexibility index (Phi) is 3.15. The molecule has 0 bridgehead atoms. The molecule has 3 nitrogen and oxygen atoms in total. The molecule has 0 unspecified atom stereocenters. The molecule has 1 fully saturated rings. The number of aromatic nitrogens is 1. The topological polar surface area (TPSA) is 38.1 Å². The lowest BCUT2D eigenvalue weighted by Gasteiger charge is -2.02. The minimum absolute atomic E-state index is 0.691. The minimum Gasteiger partial charge on any atom is -0.443 e. The van der Waals surface area contributed by atoms with Crippen molar-refractivity contribution in [2.45, 2.75) is 25.4 Å². The van der Waals surface area contributed by atoms with Crippen LogP contribution in [0.4, 0.5) is 0 Å². The molecule has 1 aliphatic carbocycles. The Labute approximate surface area is 114 Å². The summed E-state index contributed by atoms with van der Waals surface area (Å²) in [7, 11) is 0. The molecule has 3 rings (SSSR count). The lowest BCUT2D eigenvalue weighted by atomic mass is 10.1. The van der Waals surface area contributed by atoms with Gasteiger partial charge in [-0.1, -0.05) is 12.1 Å². The number of halogens is 1. The average Bonchev–Trinajstić information content (AvgIpc) is 3.06. The van der Waals surface area contributed by atoms with E-state index in [4.69, 9.17) is 4.42 Å². The normalized spacial score (nSPS) is 15.1.